The number of hydrogen-bond acceptors (Lipinski definition) is 7. The number of fused-ring (bicyclic) bond motifs is 2. The van der Waals surface area contributed by atoms with E-state index in [1.165, 1.54) is 23.8 Å². The van der Waals surface area contributed by atoms with Gasteiger partial charge in [-0.05, 0) is 49.4 Å². The highest BCUT2D eigenvalue weighted by molar-refractivity contribution is 5.43. The molecular weight excluding hydrogens is 394 g/mol. The maximum Gasteiger partial charge on any atom is 0.319 e. The smallest absolute Gasteiger partial charge is 0.319 e. The monoisotopic (exact) mass is 427 g/mol. The van der Waals surface area contributed by atoms with Crippen molar-refractivity contribution in [3.05, 3.63) is 40.6 Å². The lowest BCUT2D eigenvalue weighted by molar-refractivity contribution is -0.149. The Balaban J connectivity index is 1.61. The molecule has 1 aliphatic heterocycles. The molecule has 2 fully saturated rings. The number of aliphatic hydroxyl groups is 1. The van der Waals surface area contributed by atoms with Gasteiger partial charge in [0.2, 0.25) is 5.88 Å². The van der Waals surface area contributed by atoms with Gasteiger partial charge in [-0.3, -0.25) is 4.90 Å². The van der Waals surface area contributed by atoms with Crippen molar-refractivity contribution in [3.63, 3.8) is 0 Å². The normalized spacial score (nSPS) is 25.9. The molecule has 1 aromatic carbocycles. The van der Waals surface area contributed by atoms with Crippen molar-refractivity contribution in [2.45, 2.75) is 45.3 Å². The minimum absolute atomic E-state index is 0.102. The third-order valence-electron chi connectivity index (χ3n) is 7.31. The Morgan fingerprint density at radius 3 is 2.35 bits per heavy atom. The lowest BCUT2D eigenvalue weighted by atomic mass is 9.63. The Kier molecular flexibility index (Phi) is 6.08. The first-order valence-corrected chi connectivity index (χ1v) is 11.0. The lowest BCUT2D eigenvalue weighted by Crippen LogP contribution is -2.58. The fourth-order valence-electron chi connectivity index (χ4n) is 5.48. The topological polar surface area (TPSA) is 76.9 Å². The standard InChI is InChI=1S/C24H33N3O4/c1-15-16(2)21(29-3)10-9-17(15)12-27-13-18-7-6-8-19(14-27)24(18,28)20-11-25-23(31-5)26-22(20)30-4/h9-11,18-19,28H,6-8,12-14H2,1-5H3/t18-,19-/m0/s1. The molecule has 2 heterocycles. The van der Waals surface area contributed by atoms with Crippen LogP contribution in [0.1, 0.15) is 41.5 Å². The van der Waals surface area contributed by atoms with E-state index in [1.807, 2.05) is 0 Å². The highest BCUT2D eigenvalue weighted by Gasteiger charge is 2.53. The lowest BCUT2D eigenvalue weighted by Gasteiger charge is -2.53. The number of methoxy groups -OCH3 is 3. The molecule has 1 saturated heterocycles. The van der Waals surface area contributed by atoms with Gasteiger partial charge in [-0.2, -0.15) is 4.98 Å². The predicted octanol–water partition coefficient (Wildman–Crippen LogP) is 3.24. The van der Waals surface area contributed by atoms with Crippen molar-refractivity contribution in [1.82, 2.24) is 14.9 Å². The summed E-state index contributed by atoms with van der Waals surface area (Å²) in [5, 5.41) is 12.0. The van der Waals surface area contributed by atoms with Crippen molar-refractivity contribution in [3.8, 4) is 17.6 Å². The maximum absolute atomic E-state index is 12.0. The fourth-order valence-corrected chi connectivity index (χ4v) is 5.48. The number of benzene rings is 1. The molecule has 2 bridgehead atoms. The van der Waals surface area contributed by atoms with Crippen LogP contribution in [0.15, 0.2) is 18.3 Å². The number of hydrogen-bond donors (Lipinski definition) is 1. The van der Waals surface area contributed by atoms with E-state index in [0.29, 0.717) is 11.4 Å². The molecule has 2 aromatic rings. The third kappa shape index (κ3) is 3.74. The highest BCUT2D eigenvalue weighted by atomic mass is 16.5. The van der Waals surface area contributed by atoms with Gasteiger partial charge in [0.05, 0.1) is 26.9 Å². The van der Waals surface area contributed by atoms with Gasteiger partial charge in [-0.1, -0.05) is 12.5 Å². The van der Waals surface area contributed by atoms with Gasteiger partial charge in [0.15, 0.2) is 0 Å². The van der Waals surface area contributed by atoms with Crippen LogP contribution in [0.25, 0.3) is 0 Å². The van der Waals surface area contributed by atoms with Crippen molar-refractivity contribution < 1.29 is 19.3 Å². The van der Waals surface area contributed by atoms with Crippen LogP contribution in [0, 0.1) is 25.7 Å². The van der Waals surface area contributed by atoms with E-state index in [-0.39, 0.29) is 17.8 Å². The first kappa shape index (κ1) is 21.8. The molecule has 0 amide bonds. The van der Waals surface area contributed by atoms with Crippen LogP contribution in [0.5, 0.6) is 17.6 Å². The molecule has 7 heteroatoms. The molecule has 168 valence electrons. The minimum Gasteiger partial charge on any atom is -0.496 e. The molecule has 7 nitrogen and oxygen atoms in total. The molecular formula is C24H33N3O4. The van der Waals surface area contributed by atoms with Crippen molar-refractivity contribution >= 4 is 0 Å². The molecule has 0 radical (unpaired) electrons. The van der Waals surface area contributed by atoms with E-state index in [0.717, 1.165) is 44.6 Å². The molecule has 2 aliphatic rings. The van der Waals surface area contributed by atoms with Crippen LogP contribution in [0.3, 0.4) is 0 Å². The summed E-state index contributed by atoms with van der Waals surface area (Å²) >= 11 is 0. The zero-order chi connectivity index (χ0) is 22.2. The van der Waals surface area contributed by atoms with Crippen LogP contribution in [0.2, 0.25) is 0 Å². The minimum atomic E-state index is -0.989. The van der Waals surface area contributed by atoms with Gasteiger partial charge in [0, 0.05) is 37.7 Å². The Morgan fingerprint density at radius 1 is 1.03 bits per heavy atom. The molecule has 1 N–H and O–H groups in total. The Morgan fingerprint density at radius 2 is 1.74 bits per heavy atom. The van der Waals surface area contributed by atoms with E-state index in [9.17, 15) is 5.11 Å². The number of likely N-dealkylation sites (tertiary alicyclic amines) is 1. The SMILES string of the molecule is COc1ncc(C2(O)[C@H]3CCC[C@H]2CN(Cc2ccc(OC)c(C)c2C)C3)c(OC)n1. The van der Waals surface area contributed by atoms with Crippen molar-refractivity contribution in [1.29, 1.82) is 0 Å². The second-order valence-corrected chi connectivity index (χ2v) is 8.80. The van der Waals surface area contributed by atoms with Crippen molar-refractivity contribution in [2.24, 2.45) is 11.8 Å². The summed E-state index contributed by atoms with van der Waals surface area (Å²) in [6.45, 7) is 6.79. The van der Waals surface area contributed by atoms with Gasteiger partial charge in [0.25, 0.3) is 0 Å². The number of piperidine rings is 1. The van der Waals surface area contributed by atoms with Gasteiger partial charge in [-0.25, -0.2) is 4.98 Å². The fraction of sp³-hybridized carbons (Fsp3) is 0.583. The Bertz CT molecular complexity index is 935. The van der Waals surface area contributed by atoms with Crippen LogP contribution in [-0.4, -0.2) is 54.4 Å². The van der Waals surface area contributed by atoms with Gasteiger partial charge in [-0.15, -0.1) is 0 Å². The number of rotatable bonds is 6. The molecule has 1 saturated carbocycles. The molecule has 2 atom stereocenters. The second kappa shape index (κ2) is 8.63. The zero-order valence-corrected chi connectivity index (χ0v) is 19.1. The highest BCUT2D eigenvalue weighted by Crippen LogP contribution is 2.51. The zero-order valence-electron chi connectivity index (χ0n) is 19.1. The maximum atomic E-state index is 12.0. The number of ether oxygens (including phenoxy) is 3. The molecule has 4 rings (SSSR count). The largest absolute Gasteiger partial charge is 0.496 e. The van der Waals surface area contributed by atoms with Crippen LogP contribution >= 0.6 is 0 Å². The third-order valence-corrected chi connectivity index (χ3v) is 7.31. The average molecular weight is 428 g/mol. The first-order chi connectivity index (χ1) is 14.9. The van der Waals surface area contributed by atoms with Crippen LogP contribution in [0.4, 0.5) is 0 Å². The summed E-state index contributed by atoms with van der Waals surface area (Å²) < 4.78 is 16.1. The van der Waals surface area contributed by atoms with Gasteiger partial charge < -0.3 is 19.3 Å². The predicted molar refractivity (Wildman–Crippen MR) is 118 cm³/mol. The summed E-state index contributed by atoms with van der Waals surface area (Å²) in [5.41, 5.74) is 3.47. The van der Waals surface area contributed by atoms with Crippen molar-refractivity contribution in [2.75, 3.05) is 34.4 Å². The van der Waals surface area contributed by atoms with E-state index in [4.69, 9.17) is 14.2 Å². The van der Waals surface area contributed by atoms with E-state index >= 15 is 0 Å². The summed E-state index contributed by atoms with van der Waals surface area (Å²) in [6, 6.07) is 4.47. The van der Waals surface area contributed by atoms with E-state index in [1.54, 1.807) is 20.4 Å². The van der Waals surface area contributed by atoms with Crippen LogP contribution in [-0.2, 0) is 12.1 Å². The molecule has 1 aliphatic carbocycles. The van der Waals surface area contributed by atoms with Gasteiger partial charge >= 0.3 is 6.01 Å². The van der Waals surface area contributed by atoms with E-state index < -0.39 is 5.60 Å². The Hall–Kier alpha value is -2.38. The summed E-state index contributed by atoms with van der Waals surface area (Å²) in [6.07, 6.45) is 4.76. The summed E-state index contributed by atoms with van der Waals surface area (Å²) in [7, 11) is 4.82. The van der Waals surface area contributed by atoms with E-state index in [2.05, 4.69) is 40.8 Å². The Labute approximate surface area is 184 Å². The quantitative estimate of drug-likeness (QED) is 0.758. The molecule has 0 spiro atoms. The number of nitrogens with zero attached hydrogens (tertiary/aromatic N) is 3. The number of aromatic nitrogens is 2. The first-order valence-electron chi connectivity index (χ1n) is 11.0. The van der Waals surface area contributed by atoms with Crippen LogP contribution < -0.4 is 14.2 Å². The molecule has 0 unspecified atom stereocenters. The summed E-state index contributed by atoms with van der Waals surface area (Å²) in [4.78, 5) is 11.1. The van der Waals surface area contributed by atoms with Gasteiger partial charge in [0.1, 0.15) is 11.4 Å². The summed E-state index contributed by atoms with van der Waals surface area (Å²) in [5.74, 6) is 1.54. The molecule has 31 heavy (non-hydrogen) atoms. The average Bonchev–Trinajstić information content (AvgIpc) is 2.77. The molecule has 1 aromatic heterocycles. The second-order valence-electron chi connectivity index (χ2n) is 8.80.